The number of rotatable bonds is 5. The van der Waals surface area contributed by atoms with Crippen LogP contribution in [-0.4, -0.2) is 18.4 Å². The van der Waals surface area contributed by atoms with Crippen LogP contribution in [0.3, 0.4) is 0 Å². The van der Waals surface area contributed by atoms with E-state index in [9.17, 15) is 9.59 Å². The van der Waals surface area contributed by atoms with Crippen LogP contribution in [0.25, 0.3) is 0 Å². The number of nitrogens with one attached hydrogen (secondary N) is 1. The molecule has 0 spiro atoms. The number of benzene rings is 1. The van der Waals surface area contributed by atoms with E-state index in [0.717, 1.165) is 10.5 Å². The summed E-state index contributed by atoms with van der Waals surface area (Å²) in [6.45, 7) is 2.31. The van der Waals surface area contributed by atoms with Gasteiger partial charge in [-0.15, -0.1) is 12.6 Å². The first kappa shape index (κ1) is 13.6. The molecule has 2 amide bonds. The number of hydrogen-bond donors (Lipinski definition) is 3. The van der Waals surface area contributed by atoms with Crippen LogP contribution in [0.1, 0.15) is 28.8 Å². The molecule has 3 N–H and O–H groups in total. The Bertz CT molecular complexity index is 433. The Morgan fingerprint density at radius 3 is 2.76 bits per heavy atom. The number of amides is 2. The number of aryl methyl sites for hydroxylation is 1. The molecule has 0 aliphatic heterocycles. The van der Waals surface area contributed by atoms with Crippen molar-refractivity contribution in [1.82, 2.24) is 5.32 Å². The molecule has 0 radical (unpaired) electrons. The molecule has 0 aliphatic carbocycles. The van der Waals surface area contributed by atoms with Crippen LogP contribution in [0.4, 0.5) is 0 Å². The number of thiol groups is 1. The highest BCUT2D eigenvalue weighted by atomic mass is 32.1. The van der Waals surface area contributed by atoms with E-state index in [1.54, 1.807) is 6.07 Å². The summed E-state index contributed by atoms with van der Waals surface area (Å²) in [7, 11) is 0. The fraction of sp³-hybridized carbons (Fsp3) is 0.333. The van der Waals surface area contributed by atoms with E-state index < -0.39 is 0 Å². The number of carbonyl (C=O) groups excluding carboxylic acids is 2. The summed E-state index contributed by atoms with van der Waals surface area (Å²) in [5.74, 6) is -0.504. The van der Waals surface area contributed by atoms with Crippen molar-refractivity contribution in [1.29, 1.82) is 0 Å². The maximum atomic E-state index is 11.8. The Labute approximate surface area is 106 Å². The van der Waals surface area contributed by atoms with Crippen LogP contribution >= 0.6 is 12.6 Å². The summed E-state index contributed by atoms with van der Waals surface area (Å²) in [6, 6.07) is 5.41. The molecule has 5 heteroatoms. The minimum atomic E-state index is -0.354. The van der Waals surface area contributed by atoms with Gasteiger partial charge in [0, 0.05) is 23.4 Å². The molecule has 0 heterocycles. The topological polar surface area (TPSA) is 72.2 Å². The van der Waals surface area contributed by atoms with E-state index in [4.69, 9.17) is 5.73 Å². The first-order chi connectivity index (χ1) is 8.00. The van der Waals surface area contributed by atoms with Crippen molar-refractivity contribution in [2.24, 2.45) is 5.73 Å². The van der Waals surface area contributed by atoms with Crippen molar-refractivity contribution in [3.63, 3.8) is 0 Å². The van der Waals surface area contributed by atoms with E-state index in [-0.39, 0.29) is 18.2 Å². The summed E-state index contributed by atoms with van der Waals surface area (Å²) in [5.41, 5.74) is 6.51. The summed E-state index contributed by atoms with van der Waals surface area (Å²) in [6.07, 6.45) is 0.840. The van der Waals surface area contributed by atoms with E-state index in [1.807, 2.05) is 19.1 Å². The molecule has 0 unspecified atom stereocenters. The molecule has 4 nitrogen and oxygen atoms in total. The van der Waals surface area contributed by atoms with E-state index in [0.29, 0.717) is 18.5 Å². The molecule has 1 aromatic carbocycles. The van der Waals surface area contributed by atoms with Crippen molar-refractivity contribution in [3.8, 4) is 0 Å². The molecule has 0 fully saturated rings. The molecule has 17 heavy (non-hydrogen) atoms. The van der Waals surface area contributed by atoms with Crippen LogP contribution in [-0.2, 0) is 4.79 Å². The van der Waals surface area contributed by atoms with Gasteiger partial charge in [0.15, 0.2) is 0 Å². The predicted octanol–water partition coefficient (Wildman–Crippen LogP) is 1.28. The smallest absolute Gasteiger partial charge is 0.251 e. The normalized spacial score (nSPS) is 10.0. The maximum Gasteiger partial charge on any atom is 0.251 e. The number of primary amides is 1. The maximum absolute atomic E-state index is 11.8. The second-order valence-corrected chi connectivity index (χ2v) is 4.34. The van der Waals surface area contributed by atoms with Gasteiger partial charge in [0.05, 0.1) is 0 Å². The second kappa shape index (κ2) is 6.30. The number of hydrogen-bond acceptors (Lipinski definition) is 3. The summed E-state index contributed by atoms with van der Waals surface area (Å²) in [4.78, 5) is 23.1. The first-order valence-electron chi connectivity index (χ1n) is 5.37. The van der Waals surface area contributed by atoms with E-state index in [2.05, 4.69) is 17.9 Å². The fourth-order valence-corrected chi connectivity index (χ4v) is 1.62. The molecule has 92 valence electrons. The highest BCUT2D eigenvalue weighted by molar-refractivity contribution is 7.80. The van der Waals surface area contributed by atoms with Crippen molar-refractivity contribution < 1.29 is 9.59 Å². The van der Waals surface area contributed by atoms with Crippen LogP contribution in [0.5, 0.6) is 0 Å². The first-order valence-corrected chi connectivity index (χ1v) is 5.81. The lowest BCUT2D eigenvalue weighted by Gasteiger charge is -2.07. The Morgan fingerprint density at radius 1 is 1.41 bits per heavy atom. The highest BCUT2D eigenvalue weighted by Crippen LogP contribution is 2.13. The lowest BCUT2D eigenvalue weighted by Crippen LogP contribution is -2.26. The zero-order chi connectivity index (χ0) is 12.8. The SMILES string of the molecule is Cc1ccc(S)cc1C(=O)NCCCC(N)=O. The van der Waals surface area contributed by atoms with Gasteiger partial charge in [-0.3, -0.25) is 9.59 Å². The van der Waals surface area contributed by atoms with Gasteiger partial charge in [0.2, 0.25) is 5.91 Å². The van der Waals surface area contributed by atoms with Gasteiger partial charge in [0.25, 0.3) is 5.91 Å². The largest absolute Gasteiger partial charge is 0.370 e. The molecule has 0 aromatic heterocycles. The lowest BCUT2D eigenvalue weighted by atomic mass is 10.1. The standard InChI is InChI=1S/C12H16N2O2S/c1-8-4-5-9(17)7-10(8)12(16)14-6-2-3-11(13)15/h4-5,7,17H,2-3,6H2,1H3,(H2,13,15)(H,14,16). The minimum absolute atomic E-state index is 0.150. The van der Waals surface area contributed by atoms with Gasteiger partial charge in [-0.1, -0.05) is 6.07 Å². The fourth-order valence-electron chi connectivity index (χ4n) is 1.41. The molecule has 0 saturated heterocycles. The van der Waals surface area contributed by atoms with Gasteiger partial charge >= 0.3 is 0 Å². The number of carbonyl (C=O) groups is 2. The number of nitrogens with two attached hydrogens (primary N) is 1. The average molecular weight is 252 g/mol. The molecule has 0 atom stereocenters. The summed E-state index contributed by atoms with van der Waals surface area (Å²) >= 11 is 4.19. The summed E-state index contributed by atoms with van der Waals surface area (Å²) < 4.78 is 0. The van der Waals surface area contributed by atoms with Crippen LogP contribution in [0.15, 0.2) is 23.1 Å². The zero-order valence-corrected chi connectivity index (χ0v) is 10.6. The van der Waals surface area contributed by atoms with Crippen molar-refractivity contribution in [2.75, 3.05) is 6.54 Å². The van der Waals surface area contributed by atoms with Crippen molar-refractivity contribution in [3.05, 3.63) is 29.3 Å². The molecule has 1 rings (SSSR count). The van der Waals surface area contributed by atoms with Crippen LogP contribution in [0, 0.1) is 6.92 Å². The van der Waals surface area contributed by atoms with E-state index >= 15 is 0 Å². The summed E-state index contributed by atoms with van der Waals surface area (Å²) in [5, 5.41) is 2.74. The van der Waals surface area contributed by atoms with Gasteiger partial charge in [0.1, 0.15) is 0 Å². The Balaban J connectivity index is 2.52. The third-order valence-corrected chi connectivity index (χ3v) is 2.63. The average Bonchev–Trinajstić information content (AvgIpc) is 2.27. The molecular weight excluding hydrogens is 236 g/mol. The Morgan fingerprint density at radius 2 is 2.12 bits per heavy atom. The van der Waals surface area contributed by atoms with Gasteiger partial charge < -0.3 is 11.1 Å². The van der Waals surface area contributed by atoms with Crippen molar-refractivity contribution >= 4 is 24.4 Å². The van der Waals surface area contributed by atoms with Gasteiger partial charge in [-0.25, -0.2) is 0 Å². The third-order valence-electron chi connectivity index (χ3n) is 2.35. The third kappa shape index (κ3) is 4.48. The van der Waals surface area contributed by atoms with Crippen LogP contribution in [0.2, 0.25) is 0 Å². The van der Waals surface area contributed by atoms with Gasteiger partial charge in [-0.05, 0) is 31.0 Å². The minimum Gasteiger partial charge on any atom is -0.370 e. The Kier molecular flexibility index (Phi) is 5.03. The van der Waals surface area contributed by atoms with Crippen molar-refractivity contribution in [2.45, 2.75) is 24.7 Å². The lowest BCUT2D eigenvalue weighted by molar-refractivity contribution is -0.118. The molecular formula is C12H16N2O2S. The molecule has 0 saturated carbocycles. The molecule has 0 bridgehead atoms. The Hall–Kier alpha value is -1.49. The van der Waals surface area contributed by atoms with E-state index in [1.165, 1.54) is 0 Å². The molecule has 1 aromatic rings. The highest BCUT2D eigenvalue weighted by Gasteiger charge is 2.08. The molecule has 0 aliphatic rings. The quantitative estimate of drug-likeness (QED) is 0.545. The monoisotopic (exact) mass is 252 g/mol. The predicted molar refractivity (Wildman–Crippen MR) is 69.2 cm³/mol. The zero-order valence-electron chi connectivity index (χ0n) is 9.69. The van der Waals surface area contributed by atoms with Crippen LogP contribution < -0.4 is 11.1 Å². The second-order valence-electron chi connectivity index (χ2n) is 3.82. The van der Waals surface area contributed by atoms with Gasteiger partial charge in [-0.2, -0.15) is 0 Å².